The molecule has 0 saturated carbocycles. The number of halogens is 1. The van der Waals surface area contributed by atoms with Crippen LogP contribution in [0.5, 0.6) is 5.75 Å². The second-order valence-electron chi connectivity index (χ2n) is 13.0. The SMILES string of the molecule is CCCCOC[C@H]1OC(O)(c2cc(Cc3ccc(OC)cc3)c(Br)c3c2CCC3)[C@H](OCCCC)[C@@H](OCCCC)[C@@H]1OCCCC. The van der Waals surface area contributed by atoms with Crippen LogP contribution < -0.4 is 4.74 Å². The van der Waals surface area contributed by atoms with E-state index in [0.717, 1.165) is 103 Å². The van der Waals surface area contributed by atoms with Gasteiger partial charge >= 0.3 is 0 Å². The number of ether oxygens (including phenoxy) is 6. The van der Waals surface area contributed by atoms with Gasteiger partial charge in [-0.25, -0.2) is 0 Å². The molecule has 2 aromatic carbocycles. The second kappa shape index (κ2) is 19.6. The van der Waals surface area contributed by atoms with E-state index in [1.54, 1.807) is 7.11 Å². The van der Waals surface area contributed by atoms with E-state index in [4.69, 9.17) is 28.4 Å². The number of benzene rings is 2. The van der Waals surface area contributed by atoms with Crippen LogP contribution in [0.25, 0.3) is 0 Å². The first-order valence-corrected chi connectivity index (χ1v) is 19.0. The summed E-state index contributed by atoms with van der Waals surface area (Å²) >= 11 is 3.98. The minimum absolute atomic E-state index is 0.311. The zero-order valence-electron chi connectivity index (χ0n) is 29.5. The van der Waals surface area contributed by atoms with E-state index >= 15 is 0 Å². The van der Waals surface area contributed by atoms with E-state index in [2.05, 4.69) is 61.8 Å². The lowest BCUT2D eigenvalue weighted by Crippen LogP contribution is -2.66. The summed E-state index contributed by atoms with van der Waals surface area (Å²) in [6.07, 6.45) is 9.01. The fraction of sp³-hybridized carbons (Fsp3) is 0.692. The molecule has 0 aromatic heterocycles. The third-order valence-corrected chi connectivity index (χ3v) is 10.4. The molecule has 0 bridgehead atoms. The smallest absolute Gasteiger partial charge is 0.223 e. The fourth-order valence-corrected chi connectivity index (χ4v) is 7.34. The molecule has 0 spiro atoms. The Bertz CT molecular complexity index is 1200. The summed E-state index contributed by atoms with van der Waals surface area (Å²) in [4.78, 5) is 0. The molecule has 5 atom stereocenters. The van der Waals surface area contributed by atoms with Gasteiger partial charge in [-0.2, -0.15) is 0 Å². The van der Waals surface area contributed by atoms with E-state index in [9.17, 15) is 5.11 Å². The minimum Gasteiger partial charge on any atom is -0.497 e. The molecule has 2 aliphatic rings. The van der Waals surface area contributed by atoms with Gasteiger partial charge in [-0.3, -0.25) is 0 Å². The minimum atomic E-state index is -1.75. The molecule has 1 unspecified atom stereocenters. The Morgan fingerprint density at radius 2 is 1.40 bits per heavy atom. The fourth-order valence-electron chi connectivity index (χ4n) is 6.65. The highest BCUT2D eigenvalue weighted by Gasteiger charge is 2.58. The van der Waals surface area contributed by atoms with Crippen molar-refractivity contribution in [3.8, 4) is 5.75 Å². The van der Waals surface area contributed by atoms with Gasteiger partial charge in [0, 0.05) is 36.5 Å². The van der Waals surface area contributed by atoms with Gasteiger partial charge in [0.2, 0.25) is 5.79 Å². The van der Waals surface area contributed by atoms with Gasteiger partial charge in [-0.05, 0) is 91.8 Å². The molecule has 1 heterocycles. The number of methoxy groups -OCH3 is 1. The van der Waals surface area contributed by atoms with Crippen LogP contribution in [0.2, 0.25) is 0 Å². The Balaban J connectivity index is 1.82. The van der Waals surface area contributed by atoms with Crippen LogP contribution in [-0.2, 0) is 48.7 Å². The lowest BCUT2D eigenvalue weighted by Gasteiger charge is -2.51. The van der Waals surface area contributed by atoms with Gasteiger partial charge in [0.15, 0.2) is 0 Å². The Hall–Kier alpha value is -1.52. The lowest BCUT2D eigenvalue weighted by atomic mass is 9.83. The molecule has 7 nitrogen and oxygen atoms in total. The highest BCUT2D eigenvalue weighted by Crippen LogP contribution is 2.46. The summed E-state index contributed by atoms with van der Waals surface area (Å²) in [7, 11) is 1.68. The van der Waals surface area contributed by atoms with Crippen molar-refractivity contribution in [3.05, 3.63) is 62.6 Å². The molecular weight excluding hydrogens is 660 g/mol. The van der Waals surface area contributed by atoms with Gasteiger partial charge < -0.3 is 33.5 Å². The number of fused-ring (bicyclic) bond motifs is 1. The highest BCUT2D eigenvalue weighted by atomic mass is 79.9. The maximum Gasteiger partial charge on any atom is 0.223 e. The Morgan fingerprint density at radius 3 is 2.04 bits per heavy atom. The van der Waals surface area contributed by atoms with Crippen molar-refractivity contribution in [2.75, 3.05) is 40.1 Å². The quantitative estimate of drug-likeness (QED) is 0.130. The zero-order chi connectivity index (χ0) is 33.6. The van der Waals surface area contributed by atoms with Crippen LogP contribution in [0.15, 0.2) is 34.8 Å². The second-order valence-corrected chi connectivity index (χ2v) is 13.8. The van der Waals surface area contributed by atoms with Gasteiger partial charge in [-0.15, -0.1) is 0 Å². The number of hydrogen-bond donors (Lipinski definition) is 1. The Morgan fingerprint density at radius 1 is 0.809 bits per heavy atom. The lowest BCUT2D eigenvalue weighted by molar-refractivity contribution is -0.375. The van der Waals surface area contributed by atoms with Gasteiger partial charge in [0.05, 0.1) is 13.7 Å². The predicted molar refractivity (Wildman–Crippen MR) is 190 cm³/mol. The molecule has 0 amide bonds. The van der Waals surface area contributed by atoms with E-state index in [1.165, 1.54) is 5.56 Å². The third kappa shape index (κ3) is 9.80. The average molecular weight is 720 g/mol. The normalized spacial score (nSPS) is 24.1. The maximum absolute atomic E-state index is 13.1. The van der Waals surface area contributed by atoms with Crippen LogP contribution in [0, 0.1) is 0 Å². The van der Waals surface area contributed by atoms with Crippen LogP contribution in [-0.4, -0.2) is 69.7 Å². The summed E-state index contributed by atoms with van der Waals surface area (Å²) in [6, 6.07) is 10.3. The standard InChI is InChI=1S/C39H59BrO7/c1-6-10-21-43-27-34-36(44-22-11-7-2)37(45-23-12-8-3)38(46-24-13-9-4)39(41,47-34)33-26-29(35(40)32-16-14-15-31(32)33)25-28-17-19-30(42-5)20-18-28/h17-20,26,34,36-38,41H,6-16,21-25,27H2,1-5H3/t34-,36-,37+,38-,39?/m1/s1. The molecule has 1 aliphatic heterocycles. The molecule has 0 radical (unpaired) electrons. The summed E-state index contributed by atoms with van der Waals surface area (Å²) in [5.74, 6) is -0.922. The third-order valence-electron chi connectivity index (χ3n) is 9.39. The molecule has 8 heteroatoms. The predicted octanol–water partition coefficient (Wildman–Crippen LogP) is 8.45. The first-order chi connectivity index (χ1) is 22.9. The molecule has 47 heavy (non-hydrogen) atoms. The largest absolute Gasteiger partial charge is 0.497 e. The molecule has 1 N–H and O–H groups in total. The molecule has 1 fully saturated rings. The van der Waals surface area contributed by atoms with Crippen LogP contribution in [0.3, 0.4) is 0 Å². The highest BCUT2D eigenvalue weighted by molar-refractivity contribution is 9.10. The summed E-state index contributed by atoms with van der Waals surface area (Å²) < 4.78 is 39.6. The van der Waals surface area contributed by atoms with Gasteiger partial charge in [0.25, 0.3) is 0 Å². The van der Waals surface area contributed by atoms with Crippen LogP contribution >= 0.6 is 15.9 Å². The maximum atomic E-state index is 13.1. The first-order valence-electron chi connectivity index (χ1n) is 18.2. The van der Waals surface area contributed by atoms with Crippen molar-refractivity contribution in [2.24, 2.45) is 0 Å². The number of aliphatic hydroxyl groups is 1. The first kappa shape index (κ1) is 38.3. The number of hydrogen-bond acceptors (Lipinski definition) is 7. The van der Waals surface area contributed by atoms with E-state index in [1.807, 2.05) is 12.1 Å². The van der Waals surface area contributed by atoms with Crippen LogP contribution in [0.4, 0.5) is 0 Å². The van der Waals surface area contributed by atoms with Gasteiger partial charge in [0.1, 0.15) is 30.2 Å². The van der Waals surface area contributed by atoms with Gasteiger partial charge in [-0.1, -0.05) is 81.4 Å². The molecule has 1 saturated heterocycles. The average Bonchev–Trinajstić information content (AvgIpc) is 3.57. The Kier molecular flexibility index (Phi) is 16.0. The van der Waals surface area contributed by atoms with Crippen molar-refractivity contribution in [3.63, 3.8) is 0 Å². The van der Waals surface area contributed by atoms with Crippen molar-refractivity contribution in [1.29, 1.82) is 0 Å². The zero-order valence-corrected chi connectivity index (χ0v) is 31.1. The monoisotopic (exact) mass is 718 g/mol. The van der Waals surface area contributed by atoms with Crippen molar-refractivity contribution < 1.29 is 33.5 Å². The van der Waals surface area contributed by atoms with E-state index < -0.39 is 30.2 Å². The van der Waals surface area contributed by atoms with E-state index in [0.29, 0.717) is 39.5 Å². The topological polar surface area (TPSA) is 75.6 Å². The number of unbranched alkanes of at least 4 members (excludes halogenated alkanes) is 4. The summed E-state index contributed by atoms with van der Waals surface area (Å²) in [5.41, 5.74) is 5.44. The van der Waals surface area contributed by atoms with Crippen molar-refractivity contribution >= 4 is 15.9 Å². The van der Waals surface area contributed by atoms with Crippen molar-refractivity contribution in [2.45, 2.75) is 135 Å². The van der Waals surface area contributed by atoms with Crippen LogP contribution in [0.1, 0.15) is 113 Å². The number of rotatable bonds is 21. The Labute approximate surface area is 292 Å². The summed E-state index contributed by atoms with van der Waals surface area (Å²) in [5, 5.41) is 13.1. The molecule has 1 aliphatic carbocycles. The molecule has 2 aromatic rings. The van der Waals surface area contributed by atoms with E-state index in [-0.39, 0.29) is 0 Å². The molecule has 4 rings (SSSR count). The molecular formula is C39H59BrO7. The summed E-state index contributed by atoms with van der Waals surface area (Å²) in [6.45, 7) is 11.2. The molecule has 264 valence electrons. The van der Waals surface area contributed by atoms with Crippen molar-refractivity contribution in [1.82, 2.24) is 0 Å².